The molecule has 84 valence electrons. The molecule has 0 bridgehead atoms. The van der Waals surface area contributed by atoms with E-state index in [0.29, 0.717) is 12.3 Å². The van der Waals surface area contributed by atoms with Crippen LogP contribution in [0.3, 0.4) is 0 Å². The smallest absolute Gasteiger partial charge is 0.411 e. The zero-order chi connectivity index (χ0) is 11.5. The number of hydrogen-bond acceptors (Lipinski definition) is 3. The van der Waals surface area contributed by atoms with Crippen molar-refractivity contribution in [2.45, 2.75) is 6.92 Å². The van der Waals surface area contributed by atoms with Gasteiger partial charge in [-0.15, -0.1) is 0 Å². The maximum Gasteiger partial charge on any atom is 0.411 e. The van der Waals surface area contributed by atoms with Crippen molar-refractivity contribution in [2.24, 2.45) is 7.05 Å². The van der Waals surface area contributed by atoms with Gasteiger partial charge >= 0.3 is 6.09 Å². The Bertz CT molecular complexity index is 519. The Kier molecular flexibility index (Phi) is 2.76. The number of amides is 1. The van der Waals surface area contributed by atoms with Crippen LogP contribution >= 0.6 is 0 Å². The second-order valence-corrected chi connectivity index (χ2v) is 3.40. The van der Waals surface area contributed by atoms with Crippen LogP contribution in [0.2, 0.25) is 0 Å². The van der Waals surface area contributed by atoms with Crippen LogP contribution in [0, 0.1) is 0 Å². The van der Waals surface area contributed by atoms with Crippen molar-refractivity contribution in [2.75, 3.05) is 11.9 Å². The molecule has 16 heavy (non-hydrogen) atoms. The minimum atomic E-state index is -0.446. The van der Waals surface area contributed by atoms with Gasteiger partial charge in [0, 0.05) is 12.7 Å². The number of nitrogens with zero attached hydrogens (tertiary/aromatic N) is 2. The van der Waals surface area contributed by atoms with Gasteiger partial charge in [0.15, 0.2) is 0 Å². The quantitative estimate of drug-likeness (QED) is 0.841. The largest absolute Gasteiger partial charge is 0.450 e. The van der Waals surface area contributed by atoms with Crippen molar-refractivity contribution in [3.63, 3.8) is 0 Å². The minimum absolute atomic E-state index is 0.359. The van der Waals surface area contributed by atoms with E-state index >= 15 is 0 Å². The van der Waals surface area contributed by atoms with Gasteiger partial charge in [-0.2, -0.15) is 0 Å². The number of aryl methyl sites for hydroxylation is 1. The van der Waals surface area contributed by atoms with Crippen molar-refractivity contribution in [1.82, 2.24) is 9.55 Å². The lowest BCUT2D eigenvalue weighted by Gasteiger charge is -2.04. The van der Waals surface area contributed by atoms with Crippen LogP contribution in [0.25, 0.3) is 11.0 Å². The maximum atomic E-state index is 11.2. The summed E-state index contributed by atoms with van der Waals surface area (Å²) in [5, 5.41) is 2.63. The predicted molar refractivity (Wildman–Crippen MR) is 61.4 cm³/mol. The molecule has 1 heterocycles. The summed E-state index contributed by atoms with van der Waals surface area (Å²) in [4.78, 5) is 15.4. The van der Waals surface area contributed by atoms with E-state index in [2.05, 4.69) is 10.3 Å². The van der Waals surface area contributed by atoms with Crippen LogP contribution in [-0.4, -0.2) is 22.3 Å². The fourth-order valence-electron chi connectivity index (χ4n) is 1.50. The summed E-state index contributed by atoms with van der Waals surface area (Å²) in [6.45, 7) is 2.12. The van der Waals surface area contributed by atoms with E-state index in [1.165, 1.54) is 0 Å². The Morgan fingerprint density at radius 1 is 1.56 bits per heavy atom. The van der Waals surface area contributed by atoms with E-state index in [9.17, 15) is 4.79 Å². The van der Waals surface area contributed by atoms with Gasteiger partial charge in [-0.1, -0.05) is 0 Å². The molecule has 0 spiro atoms. The monoisotopic (exact) mass is 219 g/mol. The topological polar surface area (TPSA) is 56.1 Å². The predicted octanol–water partition coefficient (Wildman–Crippen LogP) is 2.14. The second kappa shape index (κ2) is 4.22. The number of aromatic nitrogens is 2. The molecule has 5 nitrogen and oxygen atoms in total. The van der Waals surface area contributed by atoms with Gasteiger partial charge in [-0.25, -0.2) is 9.78 Å². The third-order valence-electron chi connectivity index (χ3n) is 2.25. The van der Waals surface area contributed by atoms with E-state index in [-0.39, 0.29) is 0 Å². The molecule has 0 atom stereocenters. The van der Waals surface area contributed by atoms with Crippen molar-refractivity contribution >= 4 is 22.8 Å². The molecular formula is C11H13N3O2. The molecule has 0 unspecified atom stereocenters. The van der Waals surface area contributed by atoms with Crippen molar-refractivity contribution in [3.8, 4) is 0 Å². The number of anilines is 1. The van der Waals surface area contributed by atoms with Gasteiger partial charge in [-0.3, -0.25) is 5.32 Å². The normalized spacial score (nSPS) is 10.4. The zero-order valence-corrected chi connectivity index (χ0v) is 9.23. The Labute approximate surface area is 93.0 Å². The molecule has 0 saturated heterocycles. The van der Waals surface area contributed by atoms with Gasteiger partial charge in [0.25, 0.3) is 0 Å². The summed E-state index contributed by atoms with van der Waals surface area (Å²) < 4.78 is 6.71. The lowest BCUT2D eigenvalue weighted by atomic mass is 10.3. The summed E-state index contributed by atoms with van der Waals surface area (Å²) >= 11 is 0. The molecule has 5 heteroatoms. The maximum absolute atomic E-state index is 11.2. The van der Waals surface area contributed by atoms with Crippen LogP contribution in [0.15, 0.2) is 24.5 Å². The molecule has 1 aromatic carbocycles. The molecule has 0 aliphatic rings. The Morgan fingerprint density at radius 2 is 2.38 bits per heavy atom. The van der Waals surface area contributed by atoms with Gasteiger partial charge in [-0.05, 0) is 25.1 Å². The summed E-state index contributed by atoms with van der Waals surface area (Å²) in [5.74, 6) is 0. The second-order valence-electron chi connectivity index (χ2n) is 3.40. The summed E-state index contributed by atoms with van der Waals surface area (Å²) in [7, 11) is 1.92. The number of imidazole rings is 1. The van der Waals surface area contributed by atoms with E-state index < -0.39 is 6.09 Å². The van der Waals surface area contributed by atoms with Crippen LogP contribution in [0.1, 0.15) is 6.92 Å². The third kappa shape index (κ3) is 1.98. The molecule has 0 radical (unpaired) electrons. The number of hydrogen-bond donors (Lipinski definition) is 1. The molecule has 0 aliphatic heterocycles. The van der Waals surface area contributed by atoms with E-state index in [0.717, 1.165) is 11.0 Å². The Hall–Kier alpha value is -2.04. The first-order valence-corrected chi connectivity index (χ1v) is 5.05. The number of nitrogens with one attached hydrogen (secondary N) is 1. The highest BCUT2D eigenvalue weighted by Gasteiger charge is 2.04. The van der Waals surface area contributed by atoms with Crippen molar-refractivity contribution in [1.29, 1.82) is 0 Å². The molecule has 2 rings (SSSR count). The molecule has 2 aromatic rings. The molecule has 1 aromatic heterocycles. The first-order valence-electron chi connectivity index (χ1n) is 5.05. The van der Waals surface area contributed by atoms with Gasteiger partial charge in [0.1, 0.15) is 0 Å². The number of carbonyl (C=O) groups is 1. The van der Waals surface area contributed by atoms with Gasteiger partial charge in [0.2, 0.25) is 0 Å². The lowest BCUT2D eigenvalue weighted by molar-refractivity contribution is 0.168. The SMILES string of the molecule is CCOC(=O)Nc1ccc2c(c1)ncn2C. The molecule has 1 amide bonds. The number of rotatable bonds is 2. The van der Waals surface area contributed by atoms with Crippen LogP contribution in [0.5, 0.6) is 0 Å². The summed E-state index contributed by atoms with van der Waals surface area (Å²) in [6.07, 6.45) is 1.29. The van der Waals surface area contributed by atoms with Crippen molar-refractivity contribution in [3.05, 3.63) is 24.5 Å². The third-order valence-corrected chi connectivity index (χ3v) is 2.25. The highest BCUT2D eigenvalue weighted by Crippen LogP contribution is 2.17. The van der Waals surface area contributed by atoms with Crippen molar-refractivity contribution < 1.29 is 9.53 Å². The minimum Gasteiger partial charge on any atom is -0.450 e. The average molecular weight is 219 g/mol. The Morgan fingerprint density at radius 3 is 3.12 bits per heavy atom. The van der Waals surface area contributed by atoms with Crippen LogP contribution in [0.4, 0.5) is 10.5 Å². The molecule has 0 fully saturated rings. The lowest BCUT2D eigenvalue weighted by Crippen LogP contribution is -2.13. The Balaban J connectivity index is 2.23. The number of carbonyl (C=O) groups excluding carboxylic acids is 1. The number of ether oxygens (including phenoxy) is 1. The summed E-state index contributed by atoms with van der Waals surface area (Å²) in [6, 6.07) is 5.54. The summed E-state index contributed by atoms with van der Waals surface area (Å²) in [5.41, 5.74) is 2.55. The first-order chi connectivity index (χ1) is 7.70. The molecule has 0 saturated carbocycles. The molecule has 0 aliphatic carbocycles. The van der Waals surface area contributed by atoms with Gasteiger partial charge < -0.3 is 9.30 Å². The fraction of sp³-hybridized carbons (Fsp3) is 0.273. The standard InChI is InChI=1S/C11H13N3O2/c1-3-16-11(15)13-8-4-5-10-9(6-8)12-7-14(10)2/h4-7H,3H2,1-2H3,(H,13,15). The van der Waals surface area contributed by atoms with E-state index in [1.807, 2.05) is 29.8 Å². The van der Waals surface area contributed by atoms with Crippen LogP contribution in [-0.2, 0) is 11.8 Å². The number of fused-ring (bicyclic) bond motifs is 1. The van der Waals surface area contributed by atoms with E-state index in [1.54, 1.807) is 13.3 Å². The fourth-order valence-corrected chi connectivity index (χ4v) is 1.50. The molecular weight excluding hydrogens is 206 g/mol. The zero-order valence-electron chi connectivity index (χ0n) is 9.23. The molecule has 1 N–H and O–H groups in total. The number of benzene rings is 1. The van der Waals surface area contributed by atoms with E-state index in [4.69, 9.17) is 4.74 Å². The highest BCUT2D eigenvalue weighted by atomic mass is 16.5. The first kappa shape index (κ1) is 10.5. The average Bonchev–Trinajstić information content (AvgIpc) is 2.60. The van der Waals surface area contributed by atoms with Gasteiger partial charge in [0.05, 0.1) is 24.0 Å². The highest BCUT2D eigenvalue weighted by molar-refractivity contribution is 5.88. The van der Waals surface area contributed by atoms with Crippen LogP contribution < -0.4 is 5.32 Å².